The number of pyridine rings is 1. The van der Waals surface area contributed by atoms with Crippen molar-refractivity contribution in [2.45, 2.75) is 78.9 Å². The number of hydrogen-bond acceptors (Lipinski definition) is 14. The summed E-state index contributed by atoms with van der Waals surface area (Å²) in [6, 6.07) is 8.18. The number of phosphoric ester groups is 1. The normalized spacial score (nSPS) is 15.2. The van der Waals surface area contributed by atoms with E-state index >= 15 is 0 Å². The number of allylic oxidation sites excluding steroid dienone is 2. The molecule has 3 atom stereocenters. The van der Waals surface area contributed by atoms with Crippen molar-refractivity contribution in [2.24, 2.45) is 5.41 Å². The third kappa shape index (κ3) is 18.5. The predicted octanol–water partition coefficient (Wildman–Crippen LogP) is 10.0. The Balaban J connectivity index is 1.08. The summed E-state index contributed by atoms with van der Waals surface area (Å²) in [6.07, 6.45) is 4.51. The Hall–Kier alpha value is -9.53. The van der Waals surface area contributed by atoms with E-state index < -0.39 is 26.3 Å². The lowest BCUT2D eigenvalue weighted by atomic mass is 10.0. The molecule has 1 N–H and O–H groups in total. The van der Waals surface area contributed by atoms with Gasteiger partial charge in [-0.1, -0.05) is 30.5 Å². The van der Waals surface area contributed by atoms with Crippen molar-refractivity contribution in [3.63, 3.8) is 0 Å². The van der Waals surface area contributed by atoms with E-state index in [1.54, 1.807) is 55.4 Å². The summed E-state index contributed by atoms with van der Waals surface area (Å²) < 4.78 is 43.3. The Morgan fingerprint density at radius 2 is 1.32 bits per heavy atom. The van der Waals surface area contributed by atoms with Crippen LogP contribution in [0.4, 0.5) is 5.82 Å². The number of aromatic nitrogens is 5. The van der Waals surface area contributed by atoms with E-state index in [4.69, 9.17) is 23.0 Å². The Morgan fingerprint density at radius 1 is 0.753 bits per heavy atom. The zero-order valence-electron chi connectivity index (χ0n) is 44.8. The summed E-state index contributed by atoms with van der Waals surface area (Å²) in [4.78, 5) is 68.9. The minimum Gasteiger partial charge on any atom is -0.487 e. The number of nitrogens with one attached hydrogen (secondary N) is 1. The molecule has 17 nitrogen and oxygen atoms in total. The van der Waals surface area contributed by atoms with Crippen LogP contribution in [-0.4, -0.2) is 98.1 Å². The van der Waals surface area contributed by atoms with Gasteiger partial charge in [0.25, 0.3) is 0 Å². The van der Waals surface area contributed by atoms with Crippen LogP contribution < -0.4 is 5.32 Å². The Kier molecular flexibility index (Phi) is 22.5. The lowest BCUT2D eigenvalue weighted by Gasteiger charge is -2.27. The lowest BCUT2D eigenvalue weighted by molar-refractivity contribution is -0.138. The van der Waals surface area contributed by atoms with Gasteiger partial charge in [-0.25, -0.2) is 19.5 Å². The first-order chi connectivity index (χ1) is 39.0. The van der Waals surface area contributed by atoms with Gasteiger partial charge in [0.2, 0.25) is 11.8 Å². The van der Waals surface area contributed by atoms with Crippen molar-refractivity contribution in [1.29, 1.82) is 0 Å². The number of amides is 2. The highest BCUT2D eigenvalue weighted by Gasteiger charge is 2.64. The zero-order valence-corrected chi connectivity index (χ0v) is 47.3. The van der Waals surface area contributed by atoms with Gasteiger partial charge in [-0.15, -0.1) is 0 Å². The molecule has 81 heavy (non-hydrogen) atoms. The molecule has 1 saturated carbocycles. The molecule has 1 saturated heterocycles. The first-order valence-electron chi connectivity index (χ1n) is 24.7. The number of rotatable bonds is 22. The number of anilines is 1. The third-order valence-electron chi connectivity index (χ3n) is 11.8. The Bertz CT molecular complexity index is 3970. The molecule has 404 valence electrons. The molecule has 1 aliphatic heterocycles. The average Bonchev–Trinajstić information content (AvgIpc) is 4.08. The fraction of sp³-hybridized carbons (Fsp3) is 0.290. The summed E-state index contributed by atoms with van der Waals surface area (Å²) >= 11 is 3.36. The Morgan fingerprint density at radius 3 is 1.89 bits per heavy atom. The van der Waals surface area contributed by atoms with Gasteiger partial charge in [-0.05, 0) is 187 Å². The number of Topliss-reactive ketones (excluding diaryl/α,β-unsaturated/α-hetero) is 2. The molecule has 0 radical (unpaired) electrons. The lowest BCUT2D eigenvalue weighted by Crippen LogP contribution is -2.47. The van der Waals surface area contributed by atoms with Crippen LogP contribution in [0, 0.1) is 12.3 Å². The first kappa shape index (κ1) is 60.7. The van der Waals surface area contributed by atoms with Crippen LogP contribution >= 0.6 is 23.8 Å². The molecule has 4 heterocycles. The van der Waals surface area contributed by atoms with Gasteiger partial charge in [0, 0.05) is 63.0 Å². The molecule has 0 spiro atoms. The van der Waals surface area contributed by atoms with E-state index in [2.05, 4.69) is 176 Å². The third-order valence-corrected chi connectivity index (χ3v) is 13.7. The van der Waals surface area contributed by atoms with Crippen LogP contribution in [-0.2, 0) is 55.0 Å². The molecule has 1 aliphatic carbocycles. The van der Waals surface area contributed by atoms with Crippen molar-refractivity contribution in [3.05, 3.63) is 204 Å². The second-order valence-electron chi connectivity index (χ2n) is 17.7. The maximum atomic E-state index is 14.1. The van der Waals surface area contributed by atoms with Gasteiger partial charge >= 0.3 is 7.82 Å². The van der Waals surface area contributed by atoms with E-state index in [9.17, 15) is 23.7 Å². The molecule has 0 bridgehead atoms. The van der Waals surface area contributed by atoms with Gasteiger partial charge in [0.1, 0.15) is 65.9 Å². The molecule has 6 rings (SSSR count). The summed E-state index contributed by atoms with van der Waals surface area (Å²) in [5.74, 6) is -0.0270. The first-order valence-corrected chi connectivity index (χ1v) is 26.9. The van der Waals surface area contributed by atoms with Crippen molar-refractivity contribution >= 4 is 63.9 Å². The number of aryl methyl sites for hydroxylation is 2. The van der Waals surface area contributed by atoms with Crippen molar-refractivity contribution in [2.75, 3.05) is 38.4 Å². The van der Waals surface area contributed by atoms with Crippen LogP contribution in [0.3, 0.4) is 0 Å². The zero-order chi connectivity index (χ0) is 58.2. The Labute approximate surface area is 475 Å². The monoisotopic (exact) mass is 1160 g/mol. The topological polar surface area (TPSA) is 203 Å². The second-order valence-corrected chi connectivity index (χ2v) is 20.2. The van der Waals surface area contributed by atoms with Crippen LogP contribution in [0.15, 0.2) is 187 Å². The second kappa shape index (κ2) is 30.0. The van der Waals surface area contributed by atoms with Gasteiger partial charge in [0.15, 0.2) is 11.6 Å². The van der Waals surface area contributed by atoms with E-state index in [1.165, 1.54) is 11.6 Å². The highest BCUT2D eigenvalue weighted by molar-refractivity contribution is 9.10. The van der Waals surface area contributed by atoms with Crippen LogP contribution in [0.5, 0.6) is 0 Å². The average molecular weight is 1160 g/mol. The molecule has 2 aliphatic rings. The van der Waals surface area contributed by atoms with E-state index in [0.717, 1.165) is 12.0 Å². The van der Waals surface area contributed by atoms with Crippen molar-refractivity contribution in [1.82, 2.24) is 29.6 Å². The number of piperidine rings is 1. The molecule has 19 heteroatoms. The number of carbonyl (C=O) groups is 4. The highest BCUT2D eigenvalue weighted by atomic mass is 79.9. The van der Waals surface area contributed by atoms with E-state index in [-0.39, 0.29) is 92.1 Å². The number of fused-ring (bicyclic) bond motifs is 2. The van der Waals surface area contributed by atoms with Crippen LogP contribution in [0.25, 0.3) is 22.0 Å². The summed E-state index contributed by atoms with van der Waals surface area (Å²) in [5.41, 5.74) is 53.0. The minimum absolute atomic E-state index is 0.0813. The molecule has 3 aromatic heterocycles. The number of benzene rings is 1. The fourth-order valence-electron chi connectivity index (χ4n) is 7.82. The van der Waals surface area contributed by atoms with Crippen LogP contribution in [0.2, 0.25) is 0 Å². The number of carbonyl (C=O) groups excluding carboxylic acids is 4. The number of halogens is 1. The highest BCUT2D eigenvalue weighted by Crippen LogP contribution is 2.59. The van der Waals surface area contributed by atoms with Gasteiger partial charge in [0.05, 0.1) is 18.7 Å². The quantitative estimate of drug-likeness (QED) is 0.0194. The van der Waals surface area contributed by atoms with Crippen molar-refractivity contribution < 1.29 is 46.8 Å². The smallest absolute Gasteiger partial charge is 0.475 e. The molecular formula is C62H49BrN7O10P. The molecule has 2 amide bonds. The van der Waals surface area contributed by atoms with E-state index in [0.29, 0.717) is 44.7 Å². The fourth-order valence-corrected chi connectivity index (χ4v) is 9.25. The molecule has 1 aromatic carbocycles. The number of hydrogen-bond donors (Lipinski definition) is 1. The van der Waals surface area contributed by atoms with Crippen LogP contribution in [0.1, 0.15) is 68.8 Å². The maximum absolute atomic E-state index is 14.1. The predicted molar refractivity (Wildman–Crippen MR) is 298 cm³/mol. The largest absolute Gasteiger partial charge is 0.487 e. The summed E-state index contributed by atoms with van der Waals surface area (Å²) in [5, 5.41) is 8.02. The van der Waals surface area contributed by atoms with Gasteiger partial charge in [-0.3, -0.25) is 37.4 Å². The standard InChI is InChI=1S/C62H49BrN7O10P/c1-8-10-12-14-16-18-20-22-24-26-46(4)76-34-36-78-81(75,79-37-35-77-47(5)27-25-23-21-19-17-15-13-11-9-2)80-44-51(72)30-33-57-64-41-50(42-65-57)49-29-31-53-52(38-49)59(48(6)71)68-69(53)43-58(73)70-54(39-62(7)40-55(62)70)61(74)67-60-45(3)28-32-56(63)66-60/h28-29,31-32,38,41-42,54-55H,1-2,30,33-37,39-40,43-44H2,3-7H3,(H,66,67,74)/t54-,55+,62-/m0/s1. The number of ether oxygens (including phenoxy) is 2. The van der Waals surface area contributed by atoms with Gasteiger partial charge in [-0.2, -0.15) is 5.10 Å². The summed E-state index contributed by atoms with van der Waals surface area (Å²) in [6.45, 7) is 13.6. The molecular weight excluding hydrogens is 1110 g/mol. The summed E-state index contributed by atoms with van der Waals surface area (Å²) in [7, 11) is -4.37. The number of likely N-dealkylation sites (tertiary alicyclic amines) is 1. The SMILES string of the molecule is C=C=C=C=C=C=C=C=C=C=C=C(C)OCCOP(=O)(OCCOC(C)=C=C=C=C=C=C=C=C=C=C=C)OCC(=O)CCc1ncc(-c2ccc3c(c2)c(C(C)=O)nn3CC(=O)N2[C@H](C(=O)Nc3nc(Br)ccc3C)C[C@@]3(C)C[C@@H]23)cn1. The van der Waals surface area contributed by atoms with E-state index in [1.807, 2.05) is 13.0 Å². The van der Waals surface area contributed by atoms with Gasteiger partial charge < -0.3 is 19.7 Å². The molecule has 0 unspecified atom stereocenters. The number of nitrogens with zero attached hydrogens (tertiary/aromatic N) is 6. The maximum Gasteiger partial charge on any atom is 0.475 e. The molecule has 4 aromatic rings. The molecule has 2 fully saturated rings. The number of phosphoric acid groups is 1. The number of ketones is 2. The van der Waals surface area contributed by atoms with Crippen molar-refractivity contribution in [3.8, 4) is 11.1 Å². The minimum atomic E-state index is -4.37.